The number of nitrogens with zero attached hydrogens (tertiary/aromatic N) is 3. The van der Waals surface area contributed by atoms with Crippen LogP contribution in [0.4, 0.5) is 10.8 Å². The van der Waals surface area contributed by atoms with Crippen molar-refractivity contribution in [2.45, 2.75) is 6.04 Å². The molecule has 4 rings (SSSR count). The zero-order valence-electron chi connectivity index (χ0n) is 15.1. The van der Waals surface area contributed by atoms with Crippen LogP contribution in [0.5, 0.6) is 0 Å². The predicted octanol–water partition coefficient (Wildman–Crippen LogP) is 4.44. The second-order valence-electron chi connectivity index (χ2n) is 6.34. The fraction of sp³-hybridized carbons (Fsp3) is 0.0500. The average molecular weight is 486 g/mol. The molecule has 0 spiro atoms. The van der Waals surface area contributed by atoms with Gasteiger partial charge in [-0.15, -0.1) is 11.3 Å². The first kappa shape index (κ1) is 19.9. The second-order valence-corrected chi connectivity index (χ2v) is 8.13. The van der Waals surface area contributed by atoms with Gasteiger partial charge in [0.15, 0.2) is 5.13 Å². The zero-order chi connectivity index (χ0) is 21.4. The summed E-state index contributed by atoms with van der Waals surface area (Å²) in [4.78, 5) is 41.8. The summed E-state index contributed by atoms with van der Waals surface area (Å²) in [6.07, 6.45) is 1.48. The first-order valence-electron chi connectivity index (χ1n) is 8.59. The molecule has 0 radical (unpaired) electrons. The standard InChI is InChI=1S/C20H12BrN3O5S/c21-13-6-4-11(5-7-13)17(25)15-16(12-2-1-3-14(10-12)24(28)29)23(19(27)18(15)26)20-22-8-9-30-20/h1-10,16,25H/b17-15+/t16-/m0/s1. The lowest BCUT2D eigenvalue weighted by Crippen LogP contribution is -2.29. The van der Waals surface area contributed by atoms with Crippen LogP contribution < -0.4 is 4.90 Å². The highest BCUT2D eigenvalue weighted by atomic mass is 79.9. The molecule has 0 unspecified atom stereocenters. The Morgan fingerprint density at radius 2 is 1.93 bits per heavy atom. The summed E-state index contributed by atoms with van der Waals surface area (Å²) in [6, 6.07) is 11.2. The third kappa shape index (κ3) is 3.40. The van der Waals surface area contributed by atoms with Crippen LogP contribution in [0.1, 0.15) is 17.2 Å². The van der Waals surface area contributed by atoms with Crippen molar-refractivity contribution in [3.8, 4) is 0 Å². The first-order valence-corrected chi connectivity index (χ1v) is 10.3. The molecule has 1 saturated heterocycles. The number of Topliss-reactive ketones (excluding diaryl/α,β-unsaturated/α-hetero) is 1. The van der Waals surface area contributed by atoms with Crippen molar-refractivity contribution >= 4 is 55.5 Å². The highest BCUT2D eigenvalue weighted by molar-refractivity contribution is 9.10. The SMILES string of the molecule is O=C1C(=O)N(c2nccs2)[C@@H](c2cccc([N+](=O)[O-])c2)/C1=C(\O)c1ccc(Br)cc1. The number of aliphatic hydroxyl groups is 1. The number of aliphatic hydroxyl groups excluding tert-OH is 1. The lowest BCUT2D eigenvalue weighted by atomic mass is 9.95. The van der Waals surface area contributed by atoms with E-state index in [0.717, 1.165) is 20.7 Å². The summed E-state index contributed by atoms with van der Waals surface area (Å²) < 4.78 is 0.775. The van der Waals surface area contributed by atoms with Gasteiger partial charge in [0, 0.05) is 33.7 Å². The van der Waals surface area contributed by atoms with Crippen molar-refractivity contribution in [2.75, 3.05) is 4.90 Å². The fourth-order valence-corrected chi connectivity index (χ4v) is 4.18. The van der Waals surface area contributed by atoms with E-state index in [1.54, 1.807) is 35.7 Å². The Bertz CT molecular complexity index is 1190. The van der Waals surface area contributed by atoms with Crippen molar-refractivity contribution < 1.29 is 19.6 Å². The largest absolute Gasteiger partial charge is 0.507 e. The van der Waals surface area contributed by atoms with Crippen LogP contribution in [0.2, 0.25) is 0 Å². The number of halogens is 1. The van der Waals surface area contributed by atoms with Gasteiger partial charge < -0.3 is 5.11 Å². The number of benzene rings is 2. The van der Waals surface area contributed by atoms with E-state index in [9.17, 15) is 24.8 Å². The van der Waals surface area contributed by atoms with Crippen LogP contribution in [0.15, 0.2) is 70.2 Å². The molecule has 1 atom stereocenters. The van der Waals surface area contributed by atoms with Gasteiger partial charge in [0.1, 0.15) is 5.76 Å². The van der Waals surface area contributed by atoms with E-state index in [-0.39, 0.29) is 22.2 Å². The number of aromatic nitrogens is 1. The summed E-state index contributed by atoms with van der Waals surface area (Å²) >= 11 is 4.45. The molecule has 10 heteroatoms. The Morgan fingerprint density at radius 1 is 1.20 bits per heavy atom. The van der Waals surface area contributed by atoms with Crippen LogP contribution in [0, 0.1) is 10.1 Å². The van der Waals surface area contributed by atoms with Gasteiger partial charge in [-0.1, -0.05) is 40.2 Å². The van der Waals surface area contributed by atoms with Gasteiger partial charge in [0.2, 0.25) is 0 Å². The Morgan fingerprint density at radius 3 is 2.57 bits per heavy atom. The van der Waals surface area contributed by atoms with Crippen molar-refractivity contribution in [3.63, 3.8) is 0 Å². The molecule has 1 aromatic heterocycles. The van der Waals surface area contributed by atoms with E-state index in [1.807, 2.05) is 0 Å². The number of anilines is 1. The molecule has 1 amide bonds. The molecular weight excluding hydrogens is 474 g/mol. The lowest BCUT2D eigenvalue weighted by Gasteiger charge is -2.22. The number of amides is 1. The summed E-state index contributed by atoms with van der Waals surface area (Å²) in [5.41, 5.74) is 0.307. The summed E-state index contributed by atoms with van der Waals surface area (Å²) in [5, 5.41) is 24.1. The first-order chi connectivity index (χ1) is 14.4. The molecule has 1 aliphatic rings. The van der Waals surface area contributed by atoms with Crippen molar-refractivity contribution in [1.82, 2.24) is 4.98 Å². The maximum Gasteiger partial charge on any atom is 0.301 e. The summed E-state index contributed by atoms with van der Waals surface area (Å²) in [7, 11) is 0. The molecular formula is C20H12BrN3O5S. The van der Waals surface area contributed by atoms with E-state index in [1.165, 1.54) is 24.4 Å². The maximum atomic E-state index is 12.9. The monoisotopic (exact) mass is 485 g/mol. The second kappa shape index (κ2) is 7.81. The number of hydrogen-bond acceptors (Lipinski definition) is 7. The molecule has 1 aliphatic heterocycles. The number of carbonyl (C=O) groups excluding carboxylic acids is 2. The van der Waals surface area contributed by atoms with Gasteiger partial charge in [-0.2, -0.15) is 0 Å². The summed E-state index contributed by atoms with van der Waals surface area (Å²) in [6.45, 7) is 0. The Labute approximate surface area is 182 Å². The molecule has 30 heavy (non-hydrogen) atoms. The number of nitro groups is 1. The smallest absolute Gasteiger partial charge is 0.301 e. The number of non-ortho nitro benzene ring substituents is 1. The number of thiazole rings is 1. The van der Waals surface area contributed by atoms with Crippen molar-refractivity contribution in [3.05, 3.63) is 91.4 Å². The highest BCUT2D eigenvalue weighted by Gasteiger charge is 2.48. The van der Waals surface area contributed by atoms with Crippen LogP contribution in [0.3, 0.4) is 0 Å². The van der Waals surface area contributed by atoms with Crippen LogP contribution in [-0.4, -0.2) is 26.7 Å². The quantitative estimate of drug-likeness (QED) is 0.192. The molecule has 8 nitrogen and oxygen atoms in total. The highest BCUT2D eigenvalue weighted by Crippen LogP contribution is 2.43. The average Bonchev–Trinajstić information content (AvgIpc) is 3.35. The van der Waals surface area contributed by atoms with Gasteiger partial charge in [0.05, 0.1) is 16.5 Å². The molecule has 1 N–H and O–H groups in total. The molecule has 0 aliphatic carbocycles. The minimum absolute atomic E-state index is 0.155. The summed E-state index contributed by atoms with van der Waals surface area (Å²) in [5.74, 6) is -2.11. The molecule has 2 aromatic carbocycles. The van der Waals surface area contributed by atoms with Crippen LogP contribution >= 0.6 is 27.3 Å². The minimum atomic E-state index is -1.06. The Kier molecular flexibility index (Phi) is 5.18. The minimum Gasteiger partial charge on any atom is -0.507 e. The molecule has 150 valence electrons. The number of carbonyl (C=O) groups is 2. The van der Waals surface area contributed by atoms with E-state index >= 15 is 0 Å². The third-order valence-corrected chi connectivity index (χ3v) is 5.88. The molecule has 0 bridgehead atoms. The maximum absolute atomic E-state index is 12.9. The Balaban J connectivity index is 1.95. The van der Waals surface area contributed by atoms with Gasteiger partial charge in [-0.25, -0.2) is 4.98 Å². The number of ketones is 1. The van der Waals surface area contributed by atoms with Crippen molar-refractivity contribution in [1.29, 1.82) is 0 Å². The van der Waals surface area contributed by atoms with Crippen LogP contribution in [-0.2, 0) is 9.59 Å². The Hall–Kier alpha value is -3.37. The zero-order valence-corrected chi connectivity index (χ0v) is 17.5. The number of hydrogen-bond donors (Lipinski definition) is 1. The van der Waals surface area contributed by atoms with E-state index < -0.39 is 22.7 Å². The third-order valence-electron chi connectivity index (χ3n) is 4.58. The normalized spacial score (nSPS) is 18.0. The molecule has 2 heterocycles. The van der Waals surface area contributed by atoms with Crippen molar-refractivity contribution in [2.24, 2.45) is 0 Å². The number of nitro benzene ring substituents is 1. The van der Waals surface area contributed by atoms with Gasteiger partial charge in [-0.3, -0.25) is 24.6 Å². The molecule has 0 saturated carbocycles. The van der Waals surface area contributed by atoms with E-state index in [2.05, 4.69) is 20.9 Å². The number of rotatable bonds is 4. The van der Waals surface area contributed by atoms with Gasteiger partial charge >= 0.3 is 5.91 Å². The predicted molar refractivity (Wildman–Crippen MR) is 114 cm³/mol. The van der Waals surface area contributed by atoms with E-state index in [4.69, 9.17) is 0 Å². The lowest BCUT2D eigenvalue weighted by molar-refractivity contribution is -0.384. The van der Waals surface area contributed by atoms with E-state index in [0.29, 0.717) is 11.1 Å². The van der Waals surface area contributed by atoms with Crippen LogP contribution in [0.25, 0.3) is 5.76 Å². The van der Waals surface area contributed by atoms with Gasteiger partial charge in [-0.05, 0) is 17.7 Å². The topological polar surface area (TPSA) is 114 Å². The fourth-order valence-electron chi connectivity index (χ4n) is 3.25. The molecule has 1 fully saturated rings. The molecule has 3 aromatic rings. The van der Waals surface area contributed by atoms with Gasteiger partial charge in [0.25, 0.3) is 11.5 Å².